The molecule has 0 aliphatic carbocycles. The molecule has 1 aromatic rings. The maximum atomic E-state index is 12.5. The van der Waals surface area contributed by atoms with Gasteiger partial charge in [0.1, 0.15) is 18.5 Å². The highest BCUT2D eigenvalue weighted by Crippen LogP contribution is 2.35. The van der Waals surface area contributed by atoms with Crippen molar-refractivity contribution < 1.29 is 36.6 Å². The zero-order valence-corrected chi connectivity index (χ0v) is 9.12. The van der Waals surface area contributed by atoms with Gasteiger partial charge in [0.2, 0.25) is 0 Å². The molecule has 10 heteroatoms. The van der Waals surface area contributed by atoms with Crippen molar-refractivity contribution in [3.63, 3.8) is 0 Å². The van der Waals surface area contributed by atoms with Gasteiger partial charge in [0.15, 0.2) is 0 Å². The quantitative estimate of drug-likeness (QED) is 0.837. The first-order valence-electron chi connectivity index (χ1n) is 4.69. The fraction of sp³-hybridized carbons (Fsp3) is 0.444. The van der Waals surface area contributed by atoms with Crippen LogP contribution in [0.2, 0.25) is 0 Å². The van der Waals surface area contributed by atoms with E-state index in [0.717, 1.165) is 12.5 Å². The first-order chi connectivity index (χ1) is 8.65. The second kappa shape index (κ2) is 5.43. The van der Waals surface area contributed by atoms with Gasteiger partial charge in [-0.3, -0.25) is 0 Å². The van der Waals surface area contributed by atoms with Gasteiger partial charge in [0, 0.05) is 6.20 Å². The predicted octanol–water partition coefficient (Wildman–Crippen LogP) is 1.89. The van der Waals surface area contributed by atoms with Crippen LogP contribution < -0.4 is 0 Å². The summed E-state index contributed by atoms with van der Waals surface area (Å²) in [4.78, 5) is 17.5. The highest BCUT2D eigenvalue weighted by molar-refractivity contribution is 5.88. The van der Waals surface area contributed by atoms with Gasteiger partial charge in [0.05, 0.1) is 12.3 Å². The van der Waals surface area contributed by atoms with Crippen molar-refractivity contribution in [2.75, 3.05) is 6.61 Å². The minimum Gasteiger partial charge on any atom is -0.478 e. The fourth-order valence-electron chi connectivity index (χ4n) is 1.01. The lowest BCUT2D eigenvalue weighted by molar-refractivity contribution is -0.297. The van der Waals surface area contributed by atoms with Gasteiger partial charge in [-0.05, 0) is 0 Å². The highest BCUT2D eigenvalue weighted by Gasteiger charge is 2.57. The van der Waals surface area contributed by atoms with Crippen molar-refractivity contribution in [1.29, 1.82) is 0 Å². The van der Waals surface area contributed by atoms with E-state index in [1.54, 1.807) is 0 Å². The highest BCUT2D eigenvalue weighted by atomic mass is 19.4. The van der Waals surface area contributed by atoms with Crippen LogP contribution in [-0.4, -0.2) is 39.7 Å². The number of rotatable bonds is 5. The Kier molecular flexibility index (Phi) is 4.35. The molecule has 5 nitrogen and oxygen atoms in total. The minimum absolute atomic E-state index is 0.291. The van der Waals surface area contributed by atoms with Crippen LogP contribution >= 0.6 is 0 Å². The number of aromatic carboxylic acids is 1. The third kappa shape index (κ3) is 3.81. The summed E-state index contributed by atoms with van der Waals surface area (Å²) in [6, 6.07) is 0. The predicted molar refractivity (Wildman–Crippen MR) is 49.6 cm³/mol. The van der Waals surface area contributed by atoms with Crippen molar-refractivity contribution in [3.05, 3.63) is 23.8 Å². The molecule has 0 radical (unpaired) electrons. The van der Waals surface area contributed by atoms with Gasteiger partial charge >= 0.3 is 18.1 Å². The summed E-state index contributed by atoms with van der Waals surface area (Å²) in [6.45, 7) is -2.71. The number of aromatic nitrogens is 2. The van der Waals surface area contributed by atoms with Crippen LogP contribution in [0, 0.1) is 0 Å². The number of alkyl halides is 5. The van der Waals surface area contributed by atoms with Crippen LogP contribution in [0.5, 0.6) is 0 Å². The molecule has 0 aliphatic rings. The lowest BCUT2D eigenvalue weighted by Gasteiger charge is -2.19. The molecule has 1 N–H and O–H groups in total. The van der Waals surface area contributed by atoms with E-state index in [1.807, 2.05) is 0 Å². The topological polar surface area (TPSA) is 72.3 Å². The van der Waals surface area contributed by atoms with E-state index >= 15 is 0 Å². The van der Waals surface area contributed by atoms with Crippen molar-refractivity contribution in [3.8, 4) is 0 Å². The van der Waals surface area contributed by atoms with Crippen LogP contribution in [-0.2, 0) is 11.3 Å². The number of halogens is 5. The molecule has 0 aliphatic heterocycles. The second-order valence-corrected chi connectivity index (χ2v) is 3.38. The second-order valence-electron chi connectivity index (χ2n) is 3.38. The normalized spacial score (nSPS) is 12.5. The first kappa shape index (κ1) is 15.2. The Morgan fingerprint density at radius 3 is 2.47 bits per heavy atom. The van der Waals surface area contributed by atoms with Crippen molar-refractivity contribution in [1.82, 2.24) is 9.97 Å². The summed E-state index contributed by atoms with van der Waals surface area (Å²) in [5, 5.41) is 8.69. The Morgan fingerprint density at radius 2 is 1.95 bits per heavy atom. The molecule has 0 bridgehead atoms. The molecule has 0 atom stereocenters. The Bertz CT molecular complexity index is 463. The number of carboxylic acids is 1. The Labute approximate surface area is 103 Å². The summed E-state index contributed by atoms with van der Waals surface area (Å²) in [5.41, 5.74) is -0.724. The number of ether oxygens (including phenoxy) is 1. The van der Waals surface area contributed by atoms with Crippen LogP contribution in [0.1, 0.15) is 16.1 Å². The molecule has 1 heterocycles. The molecular formula is C9H7F5N2O3. The Morgan fingerprint density at radius 1 is 1.32 bits per heavy atom. The molecule has 1 aromatic heterocycles. The molecule has 0 unspecified atom stereocenters. The molecule has 0 saturated carbocycles. The molecule has 106 valence electrons. The molecule has 0 amide bonds. The number of hydrogen-bond donors (Lipinski definition) is 1. The van der Waals surface area contributed by atoms with Gasteiger partial charge in [0.25, 0.3) is 0 Å². The van der Waals surface area contributed by atoms with Crippen molar-refractivity contribution >= 4 is 5.97 Å². The average Bonchev–Trinajstić information content (AvgIpc) is 2.27. The van der Waals surface area contributed by atoms with E-state index in [9.17, 15) is 26.7 Å². The van der Waals surface area contributed by atoms with E-state index in [-0.39, 0.29) is 5.69 Å². The van der Waals surface area contributed by atoms with E-state index in [4.69, 9.17) is 5.11 Å². The fourth-order valence-corrected chi connectivity index (χ4v) is 1.01. The van der Waals surface area contributed by atoms with Crippen molar-refractivity contribution in [2.45, 2.75) is 18.7 Å². The van der Waals surface area contributed by atoms with Gasteiger partial charge in [-0.1, -0.05) is 0 Å². The van der Waals surface area contributed by atoms with Gasteiger partial charge in [-0.25, -0.2) is 14.8 Å². The molecule has 1 rings (SSSR count). The molecular weight excluding hydrogens is 279 g/mol. The molecule has 0 spiro atoms. The monoisotopic (exact) mass is 286 g/mol. The van der Waals surface area contributed by atoms with Crippen LogP contribution in [0.15, 0.2) is 12.5 Å². The SMILES string of the molecule is O=C(O)c1cncnc1COCC(F)(F)C(F)(F)F. The smallest absolute Gasteiger partial charge is 0.455 e. The van der Waals surface area contributed by atoms with Gasteiger partial charge in [-0.15, -0.1) is 0 Å². The molecule has 0 saturated heterocycles. The van der Waals surface area contributed by atoms with E-state index in [2.05, 4.69) is 14.7 Å². The average molecular weight is 286 g/mol. The van der Waals surface area contributed by atoms with E-state index in [0.29, 0.717) is 0 Å². The maximum absolute atomic E-state index is 12.5. The lowest BCUT2D eigenvalue weighted by Crippen LogP contribution is -2.40. The van der Waals surface area contributed by atoms with Gasteiger partial charge < -0.3 is 9.84 Å². The number of carboxylic acid groups (broad SMARTS) is 1. The summed E-state index contributed by atoms with van der Waals surface area (Å²) in [6.07, 6.45) is -3.92. The number of nitrogens with zero attached hydrogens (tertiary/aromatic N) is 2. The van der Waals surface area contributed by atoms with Crippen LogP contribution in [0.25, 0.3) is 0 Å². The minimum atomic E-state index is -5.73. The summed E-state index contributed by atoms with van der Waals surface area (Å²) >= 11 is 0. The zero-order valence-electron chi connectivity index (χ0n) is 9.12. The molecule has 0 aromatic carbocycles. The standard InChI is InChI=1S/C9H7F5N2O3/c10-8(11,9(12,13)14)3-19-2-6-5(7(17)18)1-15-4-16-6/h1,4H,2-3H2,(H,17,18). The summed E-state index contributed by atoms with van der Waals surface area (Å²) < 4.78 is 64.6. The van der Waals surface area contributed by atoms with E-state index in [1.165, 1.54) is 0 Å². The molecule has 0 fully saturated rings. The number of hydrogen-bond acceptors (Lipinski definition) is 4. The lowest BCUT2D eigenvalue weighted by atomic mass is 10.2. The Hall–Kier alpha value is -1.84. The van der Waals surface area contributed by atoms with Crippen LogP contribution in [0.4, 0.5) is 22.0 Å². The maximum Gasteiger partial charge on any atom is 0.455 e. The van der Waals surface area contributed by atoms with Crippen LogP contribution in [0.3, 0.4) is 0 Å². The molecule has 19 heavy (non-hydrogen) atoms. The number of carbonyl (C=O) groups is 1. The van der Waals surface area contributed by atoms with Crippen molar-refractivity contribution in [2.24, 2.45) is 0 Å². The summed E-state index contributed by atoms with van der Waals surface area (Å²) in [7, 11) is 0. The summed E-state index contributed by atoms with van der Waals surface area (Å²) in [5.74, 6) is -6.45. The Balaban J connectivity index is 2.67. The van der Waals surface area contributed by atoms with E-state index < -0.39 is 36.8 Å². The van der Waals surface area contributed by atoms with Gasteiger partial charge in [-0.2, -0.15) is 22.0 Å². The largest absolute Gasteiger partial charge is 0.478 e. The zero-order chi connectivity index (χ0) is 14.7. The third-order valence-corrected chi connectivity index (χ3v) is 1.96. The third-order valence-electron chi connectivity index (χ3n) is 1.96. The first-order valence-corrected chi connectivity index (χ1v) is 4.69.